The molecule has 0 spiro atoms. The predicted octanol–water partition coefficient (Wildman–Crippen LogP) is 1.87. The maximum absolute atomic E-state index is 4.04. The van der Waals surface area contributed by atoms with Gasteiger partial charge in [-0.15, -0.1) is 0 Å². The molecule has 0 saturated carbocycles. The fourth-order valence-corrected chi connectivity index (χ4v) is 0.876. The van der Waals surface area contributed by atoms with E-state index >= 15 is 0 Å². The van der Waals surface area contributed by atoms with Gasteiger partial charge in [0.05, 0.1) is 6.20 Å². The second kappa shape index (κ2) is 2.31. The van der Waals surface area contributed by atoms with E-state index in [1.807, 2.05) is 12.4 Å². The van der Waals surface area contributed by atoms with Gasteiger partial charge in [-0.2, -0.15) is 5.10 Å². The Kier molecular flexibility index (Phi) is 1.77. The molecule has 0 fully saturated rings. The van der Waals surface area contributed by atoms with Gasteiger partial charge in [0, 0.05) is 6.20 Å². The number of aromatic nitrogens is 2. The lowest BCUT2D eigenvalue weighted by molar-refractivity contribution is 0.590. The molecule has 0 aromatic carbocycles. The fraction of sp³-hybridized carbons (Fsp3) is 0.571. The summed E-state index contributed by atoms with van der Waals surface area (Å²) in [6.45, 7) is 6.45. The van der Waals surface area contributed by atoms with Crippen LogP contribution in [0.3, 0.4) is 0 Å². The minimum Gasteiger partial charge on any atom is -0.217 e. The van der Waals surface area contributed by atoms with Gasteiger partial charge in [0.1, 0.15) is 0 Å². The largest absolute Gasteiger partial charge is 0.217 e. The zero-order valence-corrected chi connectivity index (χ0v) is 7.39. The zero-order valence-electron chi connectivity index (χ0n) is 6.50. The Bertz CT molecular complexity index is 222. The molecule has 10 heavy (non-hydrogen) atoms. The number of hydrogen-bond acceptors (Lipinski definition) is 2. The van der Waals surface area contributed by atoms with E-state index in [1.54, 1.807) is 0 Å². The van der Waals surface area contributed by atoms with E-state index < -0.39 is 0 Å². The highest BCUT2D eigenvalue weighted by Crippen LogP contribution is 2.20. The number of nitrogens with zero attached hydrogens (tertiary/aromatic N) is 2. The molecule has 1 aromatic heterocycles. The topological polar surface area (TPSA) is 17.8 Å². The van der Waals surface area contributed by atoms with Gasteiger partial charge >= 0.3 is 0 Å². The van der Waals surface area contributed by atoms with E-state index in [9.17, 15) is 0 Å². The van der Waals surface area contributed by atoms with Gasteiger partial charge in [0.2, 0.25) is 0 Å². The normalized spacial score (nSPS) is 12.0. The first kappa shape index (κ1) is 7.66. The Labute approximate surface area is 66.8 Å². The van der Waals surface area contributed by atoms with Crippen molar-refractivity contribution < 1.29 is 0 Å². The average molecular weight is 156 g/mol. The lowest BCUT2D eigenvalue weighted by Gasteiger charge is -2.14. The van der Waals surface area contributed by atoms with E-state index in [4.69, 9.17) is 0 Å². The summed E-state index contributed by atoms with van der Waals surface area (Å²) in [5.74, 6) is 0. The monoisotopic (exact) mass is 156 g/mol. The SMILES string of the molecule is CC(C)(C)c1cnn(S)c1. The van der Waals surface area contributed by atoms with E-state index in [0.717, 1.165) is 0 Å². The van der Waals surface area contributed by atoms with Crippen LogP contribution in [0.4, 0.5) is 0 Å². The average Bonchev–Trinajstić information content (AvgIpc) is 2.11. The Morgan fingerprint density at radius 3 is 2.30 bits per heavy atom. The number of hydrogen-bond donors (Lipinski definition) is 1. The summed E-state index contributed by atoms with van der Waals surface area (Å²) in [4.78, 5) is 0. The fourth-order valence-electron chi connectivity index (χ4n) is 0.700. The molecule has 0 saturated heterocycles. The van der Waals surface area contributed by atoms with Crippen LogP contribution in [0.5, 0.6) is 0 Å². The number of thiol groups is 1. The molecule has 0 amide bonds. The van der Waals surface area contributed by atoms with Crippen LogP contribution in [0.1, 0.15) is 26.3 Å². The molecule has 2 nitrogen and oxygen atoms in total. The number of rotatable bonds is 0. The molecule has 0 unspecified atom stereocenters. The van der Waals surface area contributed by atoms with E-state index in [-0.39, 0.29) is 5.41 Å². The summed E-state index contributed by atoms with van der Waals surface area (Å²) in [6, 6.07) is 0. The van der Waals surface area contributed by atoms with Gasteiger partial charge in [0.15, 0.2) is 0 Å². The summed E-state index contributed by atoms with van der Waals surface area (Å²) < 4.78 is 1.53. The molecule has 3 heteroatoms. The van der Waals surface area contributed by atoms with E-state index in [0.29, 0.717) is 0 Å². The standard InChI is InChI=1S/C7H12N2S/c1-7(2,3)6-4-8-9(10)5-6/h4-5,10H,1-3H3. The molecule has 1 aromatic rings. The van der Waals surface area contributed by atoms with Crippen molar-refractivity contribution >= 4 is 12.8 Å². The van der Waals surface area contributed by atoms with Crippen LogP contribution >= 0.6 is 12.8 Å². The first-order valence-electron chi connectivity index (χ1n) is 3.24. The van der Waals surface area contributed by atoms with Gasteiger partial charge in [0.25, 0.3) is 0 Å². The zero-order chi connectivity index (χ0) is 7.78. The predicted molar refractivity (Wildman–Crippen MR) is 45.3 cm³/mol. The highest BCUT2D eigenvalue weighted by Gasteiger charge is 2.14. The molecular weight excluding hydrogens is 144 g/mol. The summed E-state index contributed by atoms with van der Waals surface area (Å²) in [5, 5.41) is 3.96. The van der Waals surface area contributed by atoms with Crippen LogP contribution < -0.4 is 0 Å². The molecule has 0 N–H and O–H groups in total. The van der Waals surface area contributed by atoms with Gasteiger partial charge in [-0.3, -0.25) is 0 Å². The quantitative estimate of drug-likeness (QED) is 0.568. The van der Waals surface area contributed by atoms with Gasteiger partial charge < -0.3 is 0 Å². The smallest absolute Gasteiger partial charge is 0.0537 e. The van der Waals surface area contributed by atoms with Crippen molar-refractivity contribution in [3.8, 4) is 0 Å². The Morgan fingerprint density at radius 1 is 1.50 bits per heavy atom. The second-order valence-corrected chi connectivity index (χ2v) is 3.81. The highest BCUT2D eigenvalue weighted by atomic mass is 32.1. The van der Waals surface area contributed by atoms with Gasteiger partial charge in [-0.1, -0.05) is 20.8 Å². The van der Waals surface area contributed by atoms with Crippen molar-refractivity contribution in [1.29, 1.82) is 0 Å². The van der Waals surface area contributed by atoms with E-state index in [1.165, 1.54) is 9.65 Å². The van der Waals surface area contributed by atoms with Crippen molar-refractivity contribution in [3.63, 3.8) is 0 Å². The molecule has 1 heterocycles. The first-order chi connectivity index (χ1) is 4.50. The highest BCUT2D eigenvalue weighted by molar-refractivity contribution is 7.78. The molecule has 0 aliphatic heterocycles. The van der Waals surface area contributed by atoms with Crippen LogP contribution in [0.2, 0.25) is 0 Å². The van der Waals surface area contributed by atoms with Crippen molar-refractivity contribution in [3.05, 3.63) is 18.0 Å². The Hall–Kier alpha value is -0.440. The first-order valence-corrected chi connectivity index (χ1v) is 3.64. The van der Waals surface area contributed by atoms with Gasteiger partial charge in [-0.05, 0) is 23.8 Å². The van der Waals surface area contributed by atoms with Crippen LogP contribution in [-0.4, -0.2) is 9.19 Å². The van der Waals surface area contributed by atoms with E-state index in [2.05, 4.69) is 38.7 Å². The minimum absolute atomic E-state index is 0.182. The lowest BCUT2D eigenvalue weighted by Crippen LogP contribution is -2.09. The summed E-state index contributed by atoms with van der Waals surface area (Å²) in [6.07, 6.45) is 3.76. The van der Waals surface area contributed by atoms with Crippen molar-refractivity contribution in [2.75, 3.05) is 0 Å². The molecular formula is C7H12N2S. The van der Waals surface area contributed by atoms with Crippen molar-refractivity contribution in [2.45, 2.75) is 26.2 Å². The molecule has 0 bridgehead atoms. The molecule has 56 valence electrons. The maximum Gasteiger partial charge on any atom is 0.0537 e. The third kappa shape index (κ3) is 1.53. The maximum atomic E-state index is 4.04. The summed E-state index contributed by atoms with van der Waals surface area (Å²) >= 11 is 4.04. The molecule has 1 rings (SSSR count). The van der Waals surface area contributed by atoms with Crippen LogP contribution in [0.15, 0.2) is 12.4 Å². The van der Waals surface area contributed by atoms with Crippen molar-refractivity contribution in [1.82, 2.24) is 9.19 Å². The minimum atomic E-state index is 0.182. The summed E-state index contributed by atoms with van der Waals surface area (Å²) in [5.41, 5.74) is 1.39. The third-order valence-electron chi connectivity index (χ3n) is 1.44. The Balaban J connectivity index is 2.96. The summed E-state index contributed by atoms with van der Waals surface area (Å²) in [7, 11) is 0. The van der Waals surface area contributed by atoms with Crippen LogP contribution in [-0.2, 0) is 5.41 Å². The lowest BCUT2D eigenvalue weighted by atomic mass is 9.90. The second-order valence-electron chi connectivity index (χ2n) is 3.40. The van der Waals surface area contributed by atoms with Crippen molar-refractivity contribution in [2.24, 2.45) is 0 Å². The third-order valence-corrected chi connectivity index (χ3v) is 1.65. The molecule has 0 aliphatic carbocycles. The molecule has 0 aliphatic rings. The Morgan fingerprint density at radius 2 is 2.10 bits per heavy atom. The van der Waals surface area contributed by atoms with Crippen LogP contribution in [0, 0.1) is 0 Å². The molecule has 0 atom stereocenters. The van der Waals surface area contributed by atoms with Gasteiger partial charge in [-0.25, -0.2) is 4.09 Å². The van der Waals surface area contributed by atoms with Crippen LogP contribution in [0.25, 0.3) is 0 Å². The molecule has 0 radical (unpaired) electrons.